The number of fused-ring (bicyclic) bond motifs is 1. The second-order valence-corrected chi connectivity index (χ2v) is 3.72. The summed E-state index contributed by atoms with van der Waals surface area (Å²) in [6, 6.07) is 6.96. The molecule has 2 rings (SSSR count). The van der Waals surface area contributed by atoms with E-state index >= 15 is 0 Å². The van der Waals surface area contributed by atoms with Gasteiger partial charge < -0.3 is 9.73 Å². The van der Waals surface area contributed by atoms with Crippen LogP contribution in [0.25, 0.3) is 11.0 Å². The summed E-state index contributed by atoms with van der Waals surface area (Å²) in [5.41, 5.74) is 1.36. The SMILES string of the molecule is CNCC(c1ccc2occc2c1)C(F)F. The van der Waals surface area contributed by atoms with Gasteiger partial charge in [-0.05, 0) is 30.8 Å². The van der Waals surface area contributed by atoms with Gasteiger partial charge in [0.05, 0.1) is 12.2 Å². The number of hydrogen-bond acceptors (Lipinski definition) is 2. The van der Waals surface area contributed by atoms with Crippen molar-refractivity contribution in [3.63, 3.8) is 0 Å². The van der Waals surface area contributed by atoms with E-state index in [9.17, 15) is 8.78 Å². The second-order valence-electron chi connectivity index (χ2n) is 3.72. The van der Waals surface area contributed by atoms with Crippen LogP contribution in [-0.2, 0) is 0 Å². The van der Waals surface area contributed by atoms with Crippen molar-refractivity contribution in [1.82, 2.24) is 5.32 Å². The Morgan fingerprint density at radius 2 is 2.12 bits per heavy atom. The normalized spacial score (nSPS) is 13.5. The molecule has 0 fully saturated rings. The highest BCUT2D eigenvalue weighted by atomic mass is 19.3. The molecular weight excluding hydrogens is 212 g/mol. The maximum atomic E-state index is 12.8. The molecule has 0 bridgehead atoms. The van der Waals surface area contributed by atoms with E-state index in [2.05, 4.69) is 5.32 Å². The van der Waals surface area contributed by atoms with Crippen LogP contribution in [0, 0.1) is 0 Å². The molecule has 0 spiro atoms. The van der Waals surface area contributed by atoms with Crippen LogP contribution in [0.15, 0.2) is 34.9 Å². The first kappa shape index (κ1) is 11.1. The van der Waals surface area contributed by atoms with Gasteiger partial charge in [-0.25, -0.2) is 8.78 Å². The number of hydrogen-bond donors (Lipinski definition) is 1. The first-order chi connectivity index (χ1) is 7.72. The Hall–Kier alpha value is -1.42. The molecule has 1 atom stereocenters. The van der Waals surface area contributed by atoms with Gasteiger partial charge in [-0.3, -0.25) is 0 Å². The molecule has 86 valence electrons. The van der Waals surface area contributed by atoms with Crippen molar-refractivity contribution in [3.8, 4) is 0 Å². The molecule has 16 heavy (non-hydrogen) atoms. The van der Waals surface area contributed by atoms with Crippen molar-refractivity contribution in [2.75, 3.05) is 13.6 Å². The van der Waals surface area contributed by atoms with Crippen molar-refractivity contribution in [2.24, 2.45) is 0 Å². The van der Waals surface area contributed by atoms with Gasteiger partial charge in [-0.2, -0.15) is 0 Å². The highest BCUT2D eigenvalue weighted by Gasteiger charge is 2.21. The van der Waals surface area contributed by atoms with Crippen LogP contribution < -0.4 is 5.32 Å². The van der Waals surface area contributed by atoms with Gasteiger partial charge in [0.1, 0.15) is 5.58 Å². The molecule has 2 aromatic rings. The van der Waals surface area contributed by atoms with E-state index in [0.717, 1.165) is 11.0 Å². The fraction of sp³-hybridized carbons (Fsp3) is 0.333. The van der Waals surface area contributed by atoms with Crippen molar-refractivity contribution in [1.29, 1.82) is 0 Å². The van der Waals surface area contributed by atoms with E-state index in [1.54, 1.807) is 37.6 Å². The molecule has 1 aromatic heterocycles. The number of alkyl halides is 2. The summed E-state index contributed by atoms with van der Waals surface area (Å²) in [4.78, 5) is 0. The quantitative estimate of drug-likeness (QED) is 0.865. The standard InChI is InChI=1S/C12H13F2NO/c1-15-7-10(12(13)14)8-2-3-11-9(6-8)4-5-16-11/h2-6,10,12,15H,7H2,1H3. The summed E-state index contributed by atoms with van der Waals surface area (Å²) >= 11 is 0. The summed E-state index contributed by atoms with van der Waals surface area (Å²) in [5, 5.41) is 3.65. The fourth-order valence-electron chi connectivity index (χ4n) is 1.79. The Morgan fingerprint density at radius 3 is 2.81 bits per heavy atom. The largest absolute Gasteiger partial charge is 0.464 e. The molecule has 0 radical (unpaired) electrons. The predicted octanol–water partition coefficient (Wildman–Crippen LogP) is 3.00. The van der Waals surface area contributed by atoms with Gasteiger partial charge in [-0.15, -0.1) is 0 Å². The Bertz CT molecular complexity index is 467. The minimum Gasteiger partial charge on any atom is -0.464 e. The summed E-state index contributed by atoms with van der Waals surface area (Å²) in [7, 11) is 1.67. The van der Waals surface area contributed by atoms with Crippen molar-refractivity contribution < 1.29 is 13.2 Å². The number of nitrogens with one attached hydrogen (secondary N) is 1. The van der Waals surface area contributed by atoms with Gasteiger partial charge in [0.25, 0.3) is 0 Å². The Labute approximate surface area is 92.2 Å². The molecular formula is C12H13F2NO. The lowest BCUT2D eigenvalue weighted by atomic mass is 9.98. The van der Waals surface area contributed by atoms with Crippen LogP contribution >= 0.6 is 0 Å². The molecule has 0 saturated heterocycles. The number of likely N-dealkylation sites (N-methyl/N-ethyl adjacent to an activating group) is 1. The van der Waals surface area contributed by atoms with E-state index in [0.29, 0.717) is 5.56 Å². The summed E-state index contributed by atoms with van der Waals surface area (Å²) in [5.74, 6) is -0.774. The molecule has 0 aliphatic heterocycles. The Kier molecular flexibility index (Phi) is 3.19. The zero-order valence-electron chi connectivity index (χ0n) is 8.91. The van der Waals surface area contributed by atoms with Gasteiger partial charge in [0.2, 0.25) is 6.43 Å². The molecule has 1 aromatic carbocycles. The fourth-order valence-corrected chi connectivity index (χ4v) is 1.79. The third-order valence-electron chi connectivity index (χ3n) is 2.63. The lowest BCUT2D eigenvalue weighted by Gasteiger charge is -2.15. The molecule has 1 heterocycles. The van der Waals surface area contributed by atoms with Crippen molar-refractivity contribution in [3.05, 3.63) is 36.1 Å². The first-order valence-electron chi connectivity index (χ1n) is 5.12. The maximum absolute atomic E-state index is 12.8. The minimum absolute atomic E-state index is 0.265. The zero-order chi connectivity index (χ0) is 11.5. The molecule has 0 amide bonds. The van der Waals surface area contributed by atoms with Crippen LogP contribution in [-0.4, -0.2) is 20.0 Å². The summed E-state index contributed by atoms with van der Waals surface area (Å²) in [6.07, 6.45) is -0.805. The van der Waals surface area contributed by atoms with Gasteiger partial charge >= 0.3 is 0 Å². The molecule has 0 saturated carbocycles. The van der Waals surface area contributed by atoms with Gasteiger partial charge in [0.15, 0.2) is 0 Å². The first-order valence-corrected chi connectivity index (χ1v) is 5.12. The smallest absolute Gasteiger partial charge is 0.246 e. The number of furan rings is 1. The molecule has 4 heteroatoms. The third kappa shape index (κ3) is 2.07. The van der Waals surface area contributed by atoms with E-state index < -0.39 is 12.3 Å². The molecule has 1 N–H and O–H groups in total. The zero-order valence-corrected chi connectivity index (χ0v) is 8.91. The highest BCUT2D eigenvalue weighted by molar-refractivity contribution is 5.77. The van der Waals surface area contributed by atoms with Crippen LogP contribution in [0.5, 0.6) is 0 Å². The van der Waals surface area contributed by atoms with Crippen LogP contribution in [0.3, 0.4) is 0 Å². The average Bonchev–Trinajstić information content (AvgIpc) is 2.72. The van der Waals surface area contributed by atoms with Crippen molar-refractivity contribution >= 4 is 11.0 Å². The molecule has 1 unspecified atom stereocenters. The third-order valence-corrected chi connectivity index (χ3v) is 2.63. The van der Waals surface area contributed by atoms with Crippen LogP contribution in [0.4, 0.5) is 8.78 Å². The summed E-state index contributed by atoms with van der Waals surface area (Å²) < 4.78 is 30.8. The van der Waals surface area contributed by atoms with E-state index in [1.165, 1.54) is 0 Å². The topological polar surface area (TPSA) is 25.2 Å². The van der Waals surface area contributed by atoms with E-state index in [4.69, 9.17) is 4.42 Å². The van der Waals surface area contributed by atoms with E-state index in [-0.39, 0.29) is 6.54 Å². The number of benzene rings is 1. The van der Waals surface area contributed by atoms with Gasteiger partial charge in [0, 0.05) is 11.9 Å². The highest BCUT2D eigenvalue weighted by Crippen LogP contribution is 2.26. The lowest BCUT2D eigenvalue weighted by Crippen LogP contribution is -2.22. The monoisotopic (exact) mass is 225 g/mol. The lowest BCUT2D eigenvalue weighted by molar-refractivity contribution is 0.114. The predicted molar refractivity (Wildman–Crippen MR) is 58.9 cm³/mol. The molecule has 2 nitrogen and oxygen atoms in total. The van der Waals surface area contributed by atoms with Crippen LogP contribution in [0.2, 0.25) is 0 Å². The maximum Gasteiger partial charge on any atom is 0.246 e. The van der Waals surface area contributed by atoms with Crippen LogP contribution in [0.1, 0.15) is 11.5 Å². The minimum atomic E-state index is -2.36. The second kappa shape index (κ2) is 4.61. The van der Waals surface area contributed by atoms with Crippen molar-refractivity contribution in [2.45, 2.75) is 12.3 Å². The summed E-state index contributed by atoms with van der Waals surface area (Å²) in [6.45, 7) is 0.265. The molecule has 0 aliphatic rings. The van der Waals surface area contributed by atoms with E-state index in [1.807, 2.05) is 0 Å². The average molecular weight is 225 g/mol. The van der Waals surface area contributed by atoms with Gasteiger partial charge in [-0.1, -0.05) is 6.07 Å². The number of rotatable bonds is 4. The molecule has 0 aliphatic carbocycles. The Morgan fingerprint density at radius 1 is 1.31 bits per heavy atom. The Balaban J connectivity index is 2.35. The number of halogens is 2.